The zero-order valence-corrected chi connectivity index (χ0v) is 10.4. The van der Waals surface area contributed by atoms with Crippen molar-refractivity contribution >= 4 is 5.91 Å². The number of hydrogen-bond acceptors (Lipinski definition) is 2. The predicted octanol–water partition coefficient (Wildman–Crippen LogP) is 2.77. The highest BCUT2D eigenvalue weighted by molar-refractivity contribution is 5.77. The molecule has 0 aliphatic heterocycles. The summed E-state index contributed by atoms with van der Waals surface area (Å²) in [4.78, 5) is 11.8. The number of amides is 1. The number of nitrogens with zero attached hydrogens (tertiary/aromatic N) is 1. The Morgan fingerprint density at radius 3 is 2.38 bits per heavy atom. The van der Waals surface area contributed by atoms with Gasteiger partial charge in [0.1, 0.15) is 5.54 Å². The van der Waals surface area contributed by atoms with Gasteiger partial charge in [-0.25, -0.2) is 0 Å². The molecule has 90 valence electrons. The predicted molar refractivity (Wildman–Crippen MR) is 63.6 cm³/mol. The van der Waals surface area contributed by atoms with E-state index in [4.69, 9.17) is 5.26 Å². The number of carbonyl (C=O) groups is 1. The highest BCUT2D eigenvalue weighted by Crippen LogP contribution is 2.27. The summed E-state index contributed by atoms with van der Waals surface area (Å²) < 4.78 is 0. The smallest absolute Gasteiger partial charge is 0.221 e. The van der Waals surface area contributed by atoms with Crippen LogP contribution in [0.1, 0.15) is 58.8 Å². The second-order valence-electron chi connectivity index (χ2n) is 4.80. The molecule has 1 amide bonds. The van der Waals surface area contributed by atoms with Crippen LogP contribution in [0.5, 0.6) is 0 Å². The molecule has 0 aromatic heterocycles. The average Bonchev–Trinajstić information content (AvgIpc) is 2.79. The molecular formula is C13H22N2O. The summed E-state index contributed by atoms with van der Waals surface area (Å²) in [6, 6.07) is 2.24. The maximum absolute atomic E-state index is 11.8. The molecule has 0 heterocycles. The minimum atomic E-state index is -0.643. The van der Waals surface area contributed by atoms with Crippen molar-refractivity contribution in [3.8, 4) is 6.07 Å². The van der Waals surface area contributed by atoms with Crippen molar-refractivity contribution in [3.63, 3.8) is 0 Å². The molecule has 0 atom stereocenters. The molecule has 1 rings (SSSR count). The Labute approximate surface area is 98.2 Å². The maximum atomic E-state index is 11.8. The van der Waals surface area contributed by atoms with Gasteiger partial charge in [-0.15, -0.1) is 0 Å². The van der Waals surface area contributed by atoms with Gasteiger partial charge in [0.15, 0.2) is 0 Å². The highest BCUT2D eigenvalue weighted by atomic mass is 16.1. The Hall–Kier alpha value is -1.04. The first-order valence-electron chi connectivity index (χ1n) is 6.38. The summed E-state index contributed by atoms with van der Waals surface area (Å²) >= 11 is 0. The Morgan fingerprint density at radius 2 is 1.94 bits per heavy atom. The Morgan fingerprint density at radius 1 is 1.38 bits per heavy atom. The van der Waals surface area contributed by atoms with Gasteiger partial charge in [-0.05, 0) is 31.6 Å². The van der Waals surface area contributed by atoms with Crippen LogP contribution in [0.2, 0.25) is 0 Å². The molecule has 1 N–H and O–H groups in total. The van der Waals surface area contributed by atoms with E-state index < -0.39 is 5.54 Å². The quantitative estimate of drug-likeness (QED) is 0.777. The molecule has 0 spiro atoms. The third-order valence-electron chi connectivity index (χ3n) is 3.75. The van der Waals surface area contributed by atoms with Crippen molar-refractivity contribution in [2.24, 2.45) is 5.92 Å². The molecule has 16 heavy (non-hydrogen) atoms. The number of hydrogen-bond donors (Lipinski definition) is 1. The molecule has 0 aromatic rings. The highest BCUT2D eigenvalue weighted by Gasteiger charge is 2.29. The van der Waals surface area contributed by atoms with E-state index in [0.717, 1.165) is 0 Å². The lowest BCUT2D eigenvalue weighted by Crippen LogP contribution is -2.46. The van der Waals surface area contributed by atoms with E-state index in [-0.39, 0.29) is 5.91 Å². The zero-order chi connectivity index (χ0) is 12.0. The Balaban J connectivity index is 2.45. The molecule has 0 bridgehead atoms. The lowest BCUT2D eigenvalue weighted by Gasteiger charge is -2.25. The van der Waals surface area contributed by atoms with Crippen molar-refractivity contribution in [2.75, 3.05) is 0 Å². The summed E-state index contributed by atoms with van der Waals surface area (Å²) in [5.41, 5.74) is -0.643. The number of nitriles is 1. The van der Waals surface area contributed by atoms with Crippen LogP contribution in [0.4, 0.5) is 0 Å². The van der Waals surface area contributed by atoms with E-state index in [1.807, 2.05) is 13.8 Å². The molecule has 0 aromatic carbocycles. The number of nitrogens with one attached hydrogen (secondary N) is 1. The van der Waals surface area contributed by atoms with Gasteiger partial charge in [0, 0.05) is 6.42 Å². The van der Waals surface area contributed by atoms with Crippen LogP contribution in [0.25, 0.3) is 0 Å². The third-order valence-corrected chi connectivity index (χ3v) is 3.75. The largest absolute Gasteiger partial charge is 0.338 e. The second-order valence-corrected chi connectivity index (χ2v) is 4.80. The van der Waals surface area contributed by atoms with Gasteiger partial charge in [-0.2, -0.15) is 5.26 Å². The molecule has 1 saturated carbocycles. The molecule has 1 aliphatic carbocycles. The standard InChI is InChI=1S/C13H22N2O/c1-3-13(4-2,10-14)15-12(16)9-11-7-5-6-8-11/h11H,3-9H2,1-2H3,(H,15,16). The van der Waals surface area contributed by atoms with Gasteiger partial charge in [-0.3, -0.25) is 4.79 Å². The van der Waals surface area contributed by atoms with Crippen LogP contribution in [-0.2, 0) is 4.79 Å². The fourth-order valence-electron chi connectivity index (χ4n) is 2.41. The van der Waals surface area contributed by atoms with Crippen molar-refractivity contribution in [1.82, 2.24) is 5.32 Å². The summed E-state index contributed by atoms with van der Waals surface area (Å²) in [6.45, 7) is 3.89. The van der Waals surface area contributed by atoms with Gasteiger partial charge >= 0.3 is 0 Å². The van der Waals surface area contributed by atoms with Crippen molar-refractivity contribution in [3.05, 3.63) is 0 Å². The van der Waals surface area contributed by atoms with E-state index in [2.05, 4.69) is 11.4 Å². The molecule has 0 unspecified atom stereocenters. The van der Waals surface area contributed by atoms with Crippen molar-refractivity contribution < 1.29 is 4.79 Å². The van der Waals surface area contributed by atoms with Gasteiger partial charge in [0.25, 0.3) is 0 Å². The van der Waals surface area contributed by atoms with E-state index in [1.54, 1.807) is 0 Å². The molecule has 0 saturated heterocycles. The van der Waals surface area contributed by atoms with Crippen molar-refractivity contribution in [1.29, 1.82) is 5.26 Å². The van der Waals surface area contributed by atoms with E-state index in [9.17, 15) is 4.79 Å². The fraction of sp³-hybridized carbons (Fsp3) is 0.846. The summed E-state index contributed by atoms with van der Waals surface area (Å²) in [5, 5.41) is 12.0. The molecule has 1 fully saturated rings. The van der Waals surface area contributed by atoms with Gasteiger partial charge in [0.2, 0.25) is 5.91 Å². The van der Waals surface area contributed by atoms with E-state index in [1.165, 1.54) is 25.7 Å². The van der Waals surface area contributed by atoms with E-state index >= 15 is 0 Å². The first kappa shape index (κ1) is 13.0. The summed E-state index contributed by atoms with van der Waals surface area (Å²) in [5.74, 6) is 0.599. The normalized spacial score (nSPS) is 17.1. The lowest BCUT2D eigenvalue weighted by molar-refractivity contribution is -0.123. The van der Waals surface area contributed by atoms with Crippen LogP contribution in [0, 0.1) is 17.2 Å². The topological polar surface area (TPSA) is 52.9 Å². The Bertz CT molecular complexity index is 270. The van der Waals surface area contributed by atoms with E-state index in [0.29, 0.717) is 25.2 Å². The number of rotatable bonds is 5. The van der Waals surface area contributed by atoms with Crippen molar-refractivity contribution in [2.45, 2.75) is 64.3 Å². The molecular weight excluding hydrogens is 200 g/mol. The molecule has 0 radical (unpaired) electrons. The summed E-state index contributed by atoms with van der Waals surface area (Å²) in [6.07, 6.45) is 6.80. The Kier molecular flexibility index (Phi) is 4.79. The SMILES string of the molecule is CCC(C#N)(CC)NC(=O)CC1CCCC1. The maximum Gasteiger partial charge on any atom is 0.221 e. The monoisotopic (exact) mass is 222 g/mol. The summed E-state index contributed by atoms with van der Waals surface area (Å²) in [7, 11) is 0. The third kappa shape index (κ3) is 3.23. The van der Waals surface area contributed by atoms with Crippen LogP contribution < -0.4 is 5.32 Å². The molecule has 3 nitrogen and oxygen atoms in total. The minimum Gasteiger partial charge on any atom is -0.338 e. The van der Waals surface area contributed by atoms with Gasteiger partial charge in [-0.1, -0.05) is 26.7 Å². The first-order valence-corrected chi connectivity index (χ1v) is 6.38. The molecule has 1 aliphatic rings. The zero-order valence-electron chi connectivity index (χ0n) is 10.4. The van der Waals surface area contributed by atoms with Crippen LogP contribution >= 0.6 is 0 Å². The average molecular weight is 222 g/mol. The number of carbonyl (C=O) groups excluding carboxylic acids is 1. The lowest BCUT2D eigenvalue weighted by atomic mass is 9.93. The second kappa shape index (κ2) is 5.89. The minimum absolute atomic E-state index is 0.0529. The van der Waals surface area contributed by atoms with Crippen LogP contribution in [0.3, 0.4) is 0 Å². The van der Waals surface area contributed by atoms with Gasteiger partial charge < -0.3 is 5.32 Å². The molecule has 3 heteroatoms. The van der Waals surface area contributed by atoms with Crippen LogP contribution in [0.15, 0.2) is 0 Å². The van der Waals surface area contributed by atoms with Gasteiger partial charge in [0.05, 0.1) is 6.07 Å². The first-order chi connectivity index (χ1) is 7.65. The van der Waals surface area contributed by atoms with Crippen LogP contribution in [-0.4, -0.2) is 11.4 Å². The fourth-order valence-corrected chi connectivity index (χ4v) is 2.41.